The van der Waals surface area contributed by atoms with Crippen molar-refractivity contribution in [1.82, 2.24) is 9.97 Å². The molecule has 0 bridgehead atoms. The van der Waals surface area contributed by atoms with Crippen LogP contribution in [0.15, 0.2) is 66.9 Å². The van der Waals surface area contributed by atoms with Crippen molar-refractivity contribution in [3.05, 3.63) is 72.4 Å². The number of anilines is 1. The van der Waals surface area contributed by atoms with Gasteiger partial charge in [0.05, 0.1) is 22.6 Å². The number of allylic oxidation sites excluding steroid dienone is 1. The molecule has 2 N–H and O–H groups in total. The second kappa shape index (κ2) is 5.53. The number of hydrogen-bond acceptors (Lipinski definition) is 2. The Kier molecular flexibility index (Phi) is 3.35. The molecule has 0 unspecified atom stereocenters. The normalized spacial score (nSPS) is 11.1. The summed E-state index contributed by atoms with van der Waals surface area (Å²) in [5.41, 5.74) is 7.19. The smallest absolute Gasteiger partial charge is 0.0944 e. The van der Waals surface area contributed by atoms with Crippen LogP contribution in [0.1, 0.15) is 12.5 Å². The fourth-order valence-electron chi connectivity index (χ4n) is 3.02. The van der Waals surface area contributed by atoms with E-state index >= 15 is 0 Å². The zero-order valence-electron chi connectivity index (χ0n) is 13.9. The van der Waals surface area contributed by atoms with Gasteiger partial charge in [-0.15, -0.1) is 0 Å². The molecule has 0 aliphatic heterocycles. The van der Waals surface area contributed by atoms with E-state index in [1.807, 2.05) is 19.1 Å². The lowest BCUT2D eigenvalue weighted by Crippen LogP contribution is -1.96. The van der Waals surface area contributed by atoms with E-state index in [-0.39, 0.29) is 0 Å². The van der Waals surface area contributed by atoms with Gasteiger partial charge in [-0.2, -0.15) is 0 Å². The van der Waals surface area contributed by atoms with Crippen molar-refractivity contribution in [1.29, 1.82) is 0 Å². The summed E-state index contributed by atoms with van der Waals surface area (Å²) in [4.78, 5) is 8.34. The fourth-order valence-corrected chi connectivity index (χ4v) is 3.02. The van der Waals surface area contributed by atoms with Gasteiger partial charge in [-0.1, -0.05) is 36.4 Å². The highest BCUT2D eigenvalue weighted by molar-refractivity contribution is 5.93. The molecule has 0 aliphatic carbocycles. The van der Waals surface area contributed by atoms with Crippen molar-refractivity contribution in [3.8, 4) is 11.4 Å². The number of hydrogen-bond donors (Lipinski definition) is 2. The molecule has 3 heteroatoms. The van der Waals surface area contributed by atoms with E-state index < -0.39 is 0 Å². The Balaban J connectivity index is 1.87. The SMILES string of the molecule is C=C(C)Nc1cccc2ccc(-c3cc4cc(C)ccc4[nH]3)nc12. The number of nitrogens with one attached hydrogen (secondary N) is 2. The highest BCUT2D eigenvalue weighted by atomic mass is 14.9. The van der Waals surface area contributed by atoms with Crippen LogP contribution in [0.2, 0.25) is 0 Å². The highest BCUT2D eigenvalue weighted by Gasteiger charge is 2.08. The van der Waals surface area contributed by atoms with Gasteiger partial charge in [0.15, 0.2) is 0 Å². The average Bonchev–Trinajstić information content (AvgIpc) is 2.97. The molecule has 0 saturated carbocycles. The summed E-state index contributed by atoms with van der Waals surface area (Å²) >= 11 is 0. The van der Waals surface area contributed by atoms with Crippen molar-refractivity contribution in [3.63, 3.8) is 0 Å². The first kappa shape index (κ1) is 14.5. The summed E-state index contributed by atoms with van der Waals surface area (Å²) in [5.74, 6) is 0. The van der Waals surface area contributed by atoms with Crippen LogP contribution in [0.25, 0.3) is 33.2 Å². The molecule has 0 saturated heterocycles. The van der Waals surface area contributed by atoms with Crippen LogP contribution in [-0.4, -0.2) is 9.97 Å². The van der Waals surface area contributed by atoms with Gasteiger partial charge >= 0.3 is 0 Å². The van der Waals surface area contributed by atoms with Crippen molar-refractivity contribution < 1.29 is 0 Å². The minimum absolute atomic E-state index is 0.899. The number of fused-ring (bicyclic) bond motifs is 2. The quantitative estimate of drug-likeness (QED) is 0.514. The Morgan fingerprint density at radius 3 is 2.75 bits per heavy atom. The van der Waals surface area contributed by atoms with E-state index in [2.05, 4.69) is 66.3 Å². The second-order valence-electron chi connectivity index (χ2n) is 6.25. The number of aromatic amines is 1. The number of para-hydroxylation sites is 1. The Labute approximate surface area is 141 Å². The number of aromatic nitrogens is 2. The van der Waals surface area contributed by atoms with E-state index in [1.165, 1.54) is 10.9 Å². The molecule has 2 aromatic heterocycles. The predicted molar refractivity (Wildman–Crippen MR) is 102 cm³/mol. The number of H-pyrrole nitrogens is 1. The second-order valence-corrected chi connectivity index (χ2v) is 6.25. The molecule has 2 heterocycles. The third kappa shape index (κ3) is 2.54. The van der Waals surface area contributed by atoms with Crippen LogP contribution in [0.4, 0.5) is 5.69 Å². The molecule has 0 atom stereocenters. The maximum Gasteiger partial charge on any atom is 0.0944 e. The molecule has 24 heavy (non-hydrogen) atoms. The van der Waals surface area contributed by atoms with Gasteiger partial charge in [0, 0.05) is 22.0 Å². The number of pyridine rings is 1. The molecule has 4 rings (SSSR count). The Bertz CT molecular complexity index is 1070. The first-order chi connectivity index (χ1) is 11.6. The van der Waals surface area contributed by atoms with Gasteiger partial charge in [-0.3, -0.25) is 0 Å². The van der Waals surface area contributed by atoms with Gasteiger partial charge in [-0.05, 0) is 44.2 Å². The van der Waals surface area contributed by atoms with E-state index in [0.717, 1.165) is 39.2 Å². The number of nitrogens with zero attached hydrogens (tertiary/aromatic N) is 1. The molecule has 2 aromatic carbocycles. The van der Waals surface area contributed by atoms with Crippen molar-refractivity contribution >= 4 is 27.5 Å². The van der Waals surface area contributed by atoms with Crippen LogP contribution < -0.4 is 5.32 Å². The Hall–Kier alpha value is -3.07. The zero-order chi connectivity index (χ0) is 16.7. The molecule has 3 nitrogen and oxygen atoms in total. The molecule has 0 fully saturated rings. The van der Waals surface area contributed by atoms with Crippen molar-refractivity contribution in [2.45, 2.75) is 13.8 Å². The summed E-state index contributed by atoms with van der Waals surface area (Å²) < 4.78 is 0. The largest absolute Gasteiger partial charge is 0.358 e. The Morgan fingerprint density at radius 2 is 1.92 bits per heavy atom. The summed E-state index contributed by atoms with van der Waals surface area (Å²) in [6, 6.07) is 18.9. The Morgan fingerprint density at radius 1 is 1.04 bits per heavy atom. The molecule has 4 aromatic rings. The first-order valence-electron chi connectivity index (χ1n) is 8.02. The topological polar surface area (TPSA) is 40.7 Å². The van der Waals surface area contributed by atoms with Gasteiger partial charge < -0.3 is 10.3 Å². The molecule has 0 spiro atoms. The lowest BCUT2D eigenvalue weighted by molar-refractivity contribution is 1.33. The van der Waals surface area contributed by atoms with Crippen LogP contribution in [0, 0.1) is 6.92 Å². The maximum atomic E-state index is 4.88. The minimum Gasteiger partial charge on any atom is -0.358 e. The summed E-state index contributed by atoms with van der Waals surface area (Å²) in [5, 5.41) is 5.61. The number of benzene rings is 2. The minimum atomic E-state index is 0.899. The van der Waals surface area contributed by atoms with Gasteiger partial charge in [0.2, 0.25) is 0 Å². The van der Waals surface area contributed by atoms with Gasteiger partial charge in [0.25, 0.3) is 0 Å². The summed E-state index contributed by atoms with van der Waals surface area (Å²) in [6.07, 6.45) is 0. The van der Waals surface area contributed by atoms with Crippen LogP contribution >= 0.6 is 0 Å². The lowest BCUT2D eigenvalue weighted by atomic mass is 10.1. The van der Waals surface area contributed by atoms with Gasteiger partial charge in [-0.25, -0.2) is 4.98 Å². The maximum absolute atomic E-state index is 4.88. The average molecular weight is 313 g/mol. The van der Waals surface area contributed by atoms with E-state index in [0.29, 0.717) is 0 Å². The van der Waals surface area contributed by atoms with E-state index in [9.17, 15) is 0 Å². The molecule has 118 valence electrons. The van der Waals surface area contributed by atoms with E-state index in [4.69, 9.17) is 4.98 Å². The number of aryl methyl sites for hydroxylation is 1. The van der Waals surface area contributed by atoms with Crippen LogP contribution in [-0.2, 0) is 0 Å². The molecular weight excluding hydrogens is 294 g/mol. The van der Waals surface area contributed by atoms with Crippen molar-refractivity contribution in [2.24, 2.45) is 0 Å². The summed E-state index contributed by atoms with van der Waals surface area (Å²) in [7, 11) is 0. The predicted octanol–water partition coefficient (Wildman–Crippen LogP) is 5.64. The van der Waals surface area contributed by atoms with E-state index in [1.54, 1.807) is 0 Å². The molecular formula is C21H19N3. The highest BCUT2D eigenvalue weighted by Crippen LogP contribution is 2.28. The van der Waals surface area contributed by atoms with Gasteiger partial charge in [0.1, 0.15) is 0 Å². The first-order valence-corrected chi connectivity index (χ1v) is 8.02. The molecule has 0 amide bonds. The van der Waals surface area contributed by atoms with Crippen LogP contribution in [0.5, 0.6) is 0 Å². The summed E-state index contributed by atoms with van der Waals surface area (Å²) in [6.45, 7) is 7.98. The molecule has 0 radical (unpaired) electrons. The monoisotopic (exact) mass is 313 g/mol. The van der Waals surface area contributed by atoms with Crippen LogP contribution in [0.3, 0.4) is 0 Å². The van der Waals surface area contributed by atoms with Crippen molar-refractivity contribution in [2.75, 3.05) is 5.32 Å². The molecule has 0 aliphatic rings. The zero-order valence-corrected chi connectivity index (χ0v) is 13.9. The third-order valence-electron chi connectivity index (χ3n) is 4.12. The lowest BCUT2D eigenvalue weighted by Gasteiger charge is -2.09. The fraction of sp³-hybridized carbons (Fsp3) is 0.0952. The number of rotatable bonds is 3. The third-order valence-corrected chi connectivity index (χ3v) is 4.12. The standard InChI is InChI=1S/C21H19N3/c1-13(2)22-19-6-4-5-15-8-10-18(24-21(15)19)20-12-16-11-14(3)7-9-17(16)23-20/h4-12,22-23H,1H2,2-3H3.